The molecule has 1 aliphatic heterocycles. The Bertz CT molecular complexity index is 584. The second-order valence-corrected chi connectivity index (χ2v) is 5.70. The zero-order valence-corrected chi connectivity index (χ0v) is 12.6. The maximum absolute atomic E-state index is 5.86. The smallest absolute Gasteiger partial charge is 0.0522 e. The van der Waals surface area contributed by atoms with Crippen LogP contribution in [0.2, 0.25) is 0 Å². The Labute approximate surface area is 126 Å². The quantitative estimate of drug-likeness (QED) is 0.862. The van der Waals surface area contributed by atoms with Crippen LogP contribution in [-0.4, -0.2) is 47.4 Å². The van der Waals surface area contributed by atoms with Gasteiger partial charge < -0.3 is 10.6 Å². The summed E-state index contributed by atoms with van der Waals surface area (Å²) < 4.78 is 1.87. The SMILES string of the molecule is Cn1cc(CCN2CCN(c3cccc(N)c3)CC2)cn1. The summed E-state index contributed by atoms with van der Waals surface area (Å²) >= 11 is 0. The topological polar surface area (TPSA) is 50.3 Å². The van der Waals surface area contributed by atoms with E-state index in [0.717, 1.165) is 44.8 Å². The fourth-order valence-electron chi connectivity index (χ4n) is 2.84. The average Bonchev–Trinajstić information content (AvgIpc) is 2.91. The molecule has 1 fully saturated rings. The van der Waals surface area contributed by atoms with E-state index in [-0.39, 0.29) is 0 Å². The van der Waals surface area contributed by atoms with Crippen molar-refractivity contribution < 1.29 is 0 Å². The number of hydrogen-bond acceptors (Lipinski definition) is 4. The molecule has 5 heteroatoms. The number of anilines is 2. The van der Waals surface area contributed by atoms with Gasteiger partial charge >= 0.3 is 0 Å². The molecule has 0 unspecified atom stereocenters. The maximum atomic E-state index is 5.86. The zero-order chi connectivity index (χ0) is 14.7. The number of aryl methyl sites for hydroxylation is 1. The summed E-state index contributed by atoms with van der Waals surface area (Å²) in [6, 6.07) is 8.17. The van der Waals surface area contributed by atoms with Crippen molar-refractivity contribution in [3.8, 4) is 0 Å². The lowest BCUT2D eigenvalue weighted by Crippen LogP contribution is -2.47. The summed E-state index contributed by atoms with van der Waals surface area (Å²) in [5.41, 5.74) is 9.25. The van der Waals surface area contributed by atoms with Gasteiger partial charge in [-0.3, -0.25) is 9.58 Å². The number of nitrogens with zero attached hydrogens (tertiary/aromatic N) is 4. The molecule has 1 saturated heterocycles. The van der Waals surface area contributed by atoms with E-state index >= 15 is 0 Å². The fraction of sp³-hybridized carbons (Fsp3) is 0.438. The van der Waals surface area contributed by atoms with Crippen molar-refractivity contribution in [2.75, 3.05) is 43.4 Å². The fourth-order valence-corrected chi connectivity index (χ4v) is 2.84. The molecule has 21 heavy (non-hydrogen) atoms. The number of nitrogens with two attached hydrogens (primary N) is 1. The molecule has 112 valence electrons. The summed E-state index contributed by atoms with van der Waals surface area (Å²) in [6.07, 6.45) is 5.14. The molecule has 1 aliphatic rings. The van der Waals surface area contributed by atoms with Crippen LogP contribution in [0.15, 0.2) is 36.7 Å². The van der Waals surface area contributed by atoms with Crippen LogP contribution in [0.5, 0.6) is 0 Å². The van der Waals surface area contributed by atoms with E-state index in [1.807, 2.05) is 30.1 Å². The van der Waals surface area contributed by atoms with Crippen molar-refractivity contribution in [3.63, 3.8) is 0 Å². The van der Waals surface area contributed by atoms with Gasteiger partial charge in [0.15, 0.2) is 0 Å². The second kappa shape index (κ2) is 6.18. The molecule has 1 aromatic carbocycles. The van der Waals surface area contributed by atoms with E-state index in [1.54, 1.807) is 0 Å². The van der Waals surface area contributed by atoms with Gasteiger partial charge in [0.1, 0.15) is 0 Å². The normalized spacial score (nSPS) is 16.3. The van der Waals surface area contributed by atoms with Gasteiger partial charge in [0.25, 0.3) is 0 Å². The van der Waals surface area contributed by atoms with Crippen molar-refractivity contribution in [2.45, 2.75) is 6.42 Å². The predicted molar refractivity (Wildman–Crippen MR) is 86.4 cm³/mol. The molecule has 3 rings (SSSR count). The van der Waals surface area contributed by atoms with Crippen LogP contribution < -0.4 is 10.6 Å². The lowest BCUT2D eigenvalue weighted by atomic mass is 10.2. The number of nitrogen functional groups attached to an aromatic ring is 1. The van der Waals surface area contributed by atoms with Crippen LogP contribution >= 0.6 is 0 Å². The first kappa shape index (κ1) is 13.9. The van der Waals surface area contributed by atoms with Crippen LogP contribution in [-0.2, 0) is 13.5 Å². The number of benzene rings is 1. The number of aromatic nitrogens is 2. The van der Waals surface area contributed by atoms with E-state index < -0.39 is 0 Å². The van der Waals surface area contributed by atoms with Crippen LogP contribution in [0, 0.1) is 0 Å². The summed E-state index contributed by atoms with van der Waals surface area (Å²) in [5.74, 6) is 0. The highest BCUT2D eigenvalue weighted by molar-refractivity contribution is 5.56. The Morgan fingerprint density at radius 1 is 1.19 bits per heavy atom. The van der Waals surface area contributed by atoms with E-state index in [1.165, 1.54) is 11.3 Å². The number of hydrogen-bond donors (Lipinski definition) is 1. The predicted octanol–water partition coefficient (Wildman–Crippen LogP) is 1.37. The summed E-state index contributed by atoms with van der Waals surface area (Å²) in [6.45, 7) is 5.45. The Balaban J connectivity index is 1.49. The third-order valence-corrected chi connectivity index (χ3v) is 4.08. The molecular formula is C16H23N5. The Morgan fingerprint density at radius 2 is 2.00 bits per heavy atom. The number of piperazine rings is 1. The van der Waals surface area contributed by atoms with Gasteiger partial charge in [-0.25, -0.2) is 0 Å². The molecule has 1 aromatic heterocycles. The highest BCUT2D eigenvalue weighted by Crippen LogP contribution is 2.19. The largest absolute Gasteiger partial charge is 0.399 e. The van der Waals surface area contributed by atoms with E-state index in [2.05, 4.69) is 33.2 Å². The molecule has 0 bridgehead atoms. The molecule has 0 amide bonds. The maximum Gasteiger partial charge on any atom is 0.0522 e. The third-order valence-electron chi connectivity index (χ3n) is 4.08. The lowest BCUT2D eigenvalue weighted by Gasteiger charge is -2.36. The summed E-state index contributed by atoms with van der Waals surface area (Å²) in [4.78, 5) is 4.94. The first-order valence-corrected chi connectivity index (χ1v) is 7.51. The molecular weight excluding hydrogens is 262 g/mol. The van der Waals surface area contributed by atoms with Gasteiger partial charge in [-0.15, -0.1) is 0 Å². The molecule has 0 aliphatic carbocycles. The van der Waals surface area contributed by atoms with Gasteiger partial charge in [-0.1, -0.05) is 6.07 Å². The van der Waals surface area contributed by atoms with Gasteiger partial charge in [0.05, 0.1) is 6.20 Å². The molecule has 0 spiro atoms. The second-order valence-electron chi connectivity index (χ2n) is 5.70. The van der Waals surface area contributed by atoms with Crippen LogP contribution in [0.4, 0.5) is 11.4 Å². The zero-order valence-electron chi connectivity index (χ0n) is 12.6. The van der Waals surface area contributed by atoms with Gasteiger partial charge in [0.2, 0.25) is 0 Å². The molecule has 0 saturated carbocycles. The van der Waals surface area contributed by atoms with Gasteiger partial charge in [-0.05, 0) is 30.2 Å². The Morgan fingerprint density at radius 3 is 2.67 bits per heavy atom. The molecule has 2 aromatic rings. The standard InChI is InChI=1S/C16H23N5/c1-19-13-14(12-18-19)5-6-20-7-9-21(10-8-20)16-4-2-3-15(17)11-16/h2-4,11-13H,5-10,17H2,1H3. The van der Waals surface area contributed by atoms with Gasteiger partial charge in [0, 0.05) is 57.3 Å². The van der Waals surface area contributed by atoms with Gasteiger partial charge in [-0.2, -0.15) is 5.10 Å². The van der Waals surface area contributed by atoms with E-state index in [0.29, 0.717) is 0 Å². The van der Waals surface area contributed by atoms with Crippen molar-refractivity contribution in [1.82, 2.24) is 14.7 Å². The molecule has 2 N–H and O–H groups in total. The molecule has 0 atom stereocenters. The Kier molecular flexibility index (Phi) is 4.10. The molecule has 2 heterocycles. The molecule has 0 radical (unpaired) electrons. The van der Waals surface area contributed by atoms with Crippen LogP contribution in [0.3, 0.4) is 0 Å². The van der Waals surface area contributed by atoms with Crippen molar-refractivity contribution in [1.29, 1.82) is 0 Å². The van der Waals surface area contributed by atoms with Crippen molar-refractivity contribution in [3.05, 3.63) is 42.2 Å². The summed E-state index contributed by atoms with van der Waals surface area (Å²) in [7, 11) is 1.97. The summed E-state index contributed by atoms with van der Waals surface area (Å²) in [5, 5.41) is 4.22. The van der Waals surface area contributed by atoms with Crippen molar-refractivity contribution >= 4 is 11.4 Å². The minimum atomic E-state index is 0.839. The van der Waals surface area contributed by atoms with E-state index in [4.69, 9.17) is 5.73 Å². The first-order chi connectivity index (χ1) is 10.2. The minimum absolute atomic E-state index is 0.839. The Hall–Kier alpha value is -2.01. The van der Waals surface area contributed by atoms with Crippen LogP contribution in [0.25, 0.3) is 0 Å². The van der Waals surface area contributed by atoms with Crippen LogP contribution in [0.1, 0.15) is 5.56 Å². The number of rotatable bonds is 4. The first-order valence-electron chi connectivity index (χ1n) is 7.51. The highest BCUT2D eigenvalue weighted by Gasteiger charge is 2.17. The monoisotopic (exact) mass is 285 g/mol. The van der Waals surface area contributed by atoms with E-state index in [9.17, 15) is 0 Å². The minimum Gasteiger partial charge on any atom is -0.399 e. The average molecular weight is 285 g/mol. The highest BCUT2D eigenvalue weighted by atomic mass is 15.3. The van der Waals surface area contributed by atoms with Crippen molar-refractivity contribution in [2.24, 2.45) is 7.05 Å². The third kappa shape index (κ3) is 3.55. The lowest BCUT2D eigenvalue weighted by molar-refractivity contribution is 0.261. The molecule has 5 nitrogen and oxygen atoms in total.